The highest BCUT2D eigenvalue weighted by Gasteiger charge is 2.60. The maximum absolute atomic E-state index is 13.0. The number of carbonyl (C=O) groups is 2. The molecule has 10 nitrogen and oxygen atoms in total. The summed E-state index contributed by atoms with van der Waals surface area (Å²) in [6.45, 7) is 1.89. The molecule has 0 saturated heterocycles. The molecule has 1 N–H and O–H groups in total. The van der Waals surface area contributed by atoms with Gasteiger partial charge in [-0.25, -0.2) is 16.8 Å². The third-order valence-corrected chi connectivity index (χ3v) is 15.7. The first-order chi connectivity index (χ1) is 26.0. The summed E-state index contributed by atoms with van der Waals surface area (Å²) in [6.07, 6.45) is 0.878. The predicted octanol–water partition coefficient (Wildman–Crippen LogP) is 6.73. The van der Waals surface area contributed by atoms with Crippen molar-refractivity contribution in [3.8, 4) is 0 Å². The first-order valence-electron chi connectivity index (χ1n) is 18.2. The smallest absolute Gasteiger partial charge is 0.411 e. The number of aliphatic hydroxyl groups is 1. The number of alkyl halides is 3. The lowest BCUT2D eigenvalue weighted by Crippen LogP contribution is -2.44. The Morgan fingerprint density at radius 2 is 1.20 bits per heavy atom. The summed E-state index contributed by atoms with van der Waals surface area (Å²) in [5.41, 5.74) is 0. The molecule has 3 fully saturated rings. The summed E-state index contributed by atoms with van der Waals surface area (Å²) >= 11 is 0. The van der Waals surface area contributed by atoms with Gasteiger partial charge in [0.2, 0.25) is 0 Å². The van der Waals surface area contributed by atoms with Gasteiger partial charge in [0.25, 0.3) is 0 Å². The minimum atomic E-state index is -4.49. The second-order valence-electron chi connectivity index (χ2n) is 13.5. The molecule has 0 spiro atoms. The number of halogens is 3. The fourth-order valence-electron chi connectivity index (χ4n) is 7.63. The van der Waals surface area contributed by atoms with E-state index in [0.29, 0.717) is 11.3 Å². The number of fused-ring (bicyclic) bond motifs is 2. The van der Waals surface area contributed by atoms with Crippen molar-refractivity contribution in [1.82, 2.24) is 0 Å². The number of hydrogen-bond donors (Lipinski definition) is 1. The standard InChI is InChI=1S/C24H25O2S2.C13H20O7S.C2H3F3O/c25-28(26,23-14-8-3-9-15-23)24-18-16-22(17-19-24)27(20-10-4-1-5-11-20)21-12-6-2-7-13-21;1-3-19-12(14)10-7-5-8(9(6-7)21(16,17)18)11(10)13(15)20-4-2;3-2(4,5)1-6/h1-2,4-7,10-13,16-19,23H,3,8-9,14-15H2;7-11H,3-6H2,1-2H3,(H,16,17,18);6H,1H2/q+1;;/p-1. The SMILES string of the molecule is CCOC(=O)C1C2CC(C1C(=O)OCC)C(S(=O)(=O)[O-])C2.O=S(=O)(c1ccc([S+](c2ccccc2)c2ccccc2)cc1)C1CCCCC1.OCC(F)(F)F. The molecule has 2 bridgehead atoms. The number of aliphatic hydroxyl groups excluding tert-OH is 1. The van der Waals surface area contributed by atoms with E-state index in [9.17, 15) is 44.1 Å². The van der Waals surface area contributed by atoms with Crippen LogP contribution in [0.3, 0.4) is 0 Å². The third-order valence-electron chi connectivity index (χ3n) is 9.95. The van der Waals surface area contributed by atoms with Crippen molar-refractivity contribution in [2.45, 2.75) is 95.1 Å². The van der Waals surface area contributed by atoms with Crippen molar-refractivity contribution < 1.29 is 58.7 Å². The minimum Gasteiger partial charge on any atom is -0.748 e. The van der Waals surface area contributed by atoms with Gasteiger partial charge in [-0.05, 0) is 99.9 Å². The Morgan fingerprint density at radius 3 is 1.64 bits per heavy atom. The van der Waals surface area contributed by atoms with Crippen LogP contribution in [0, 0.1) is 23.7 Å². The zero-order valence-electron chi connectivity index (χ0n) is 30.6. The van der Waals surface area contributed by atoms with Gasteiger partial charge in [0.15, 0.2) is 24.5 Å². The van der Waals surface area contributed by atoms with Crippen LogP contribution in [0.25, 0.3) is 0 Å². The van der Waals surface area contributed by atoms with E-state index in [-0.39, 0.29) is 41.7 Å². The summed E-state index contributed by atoms with van der Waals surface area (Å²) < 4.78 is 102. The van der Waals surface area contributed by atoms with Crippen LogP contribution in [0.1, 0.15) is 58.8 Å². The summed E-state index contributed by atoms with van der Waals surface area (Å²) in [7, 11) is -7.97. The first-order valence-corrected chi connectivity index (χ1v) is 22.4. The topological polar surface area (TPSA) is 164 Å². The van der Waals surface area contributed by atoms with E-state index in [1.54, 1.807) is 13.8 Å². The Kier molecular flexibility index (Phi) is 15.8. The lowest BCUT2D eigenvalue weighted by molar-refractivity contribution is -0.162. The number of rotatable bonds is 10. The van der Waals surface area contributed by atoms with E-state index < -0.39 is 67.7 Å². The average Bonchev–Trinajstić information content (AvgIpc) is 3.77. The number of benzene rings is 3. The highest BCUT2D eigenvalue weighted by atomic mass is 32.2. The molecule has 5 unspecified atom stereocenters. The zero-order chi connectivity index (χ0) is 40.4. The summed E-state index contributed by atoms with van der Waals surface area (Å²) in [5.74, 6) is -3.67. The maximum Gasteiger partial charge on any atom is 0.411 e. The van der Waals surface area contributed by atoms with Gasteiger partial charge in [0.1, 0.15) is 6.61 Å². The maximum atomic E-state index is 13.0. The highest BCUT2D eigenvalue weighted by Crippen LogP contribution is 2.55. The van der Waals surface area contributed by atoms with Crippen molar-refractivity contribution in [3.63, 3.8) is 0 Å². The van der Waals surface area contributed by atoms with Crippen molar-refractivity contribution in [1.29, 1.82) is 0 Å². The van der Waals surface area contributed by atoms with Crippen molar-refractivity contribution in [2.24, 2.45) is 23.7 Å². The van der Waals surface area contributed by atoms with Gasteiger partial charge in [-0.3, -0.25) is 9.59 Å². The van der Waals surface area contributed by atoms with E-state index in [4.69, 9.17) is 14.6 Å². The van der Waals surface area contributed by atoms with Crippen molar-refractivity contribution >= 4 is 42.8 Å². The molecular weight excluding hydrogens is 782 g/mol. The summed E-state index contributed by atoms with van der Waals surface area (Å²) in [5, 5.41) is 5.95. The van der Waals surface area contributed by atoms with Crippen LogP contribution in [0.2, 0.25) is 0 Å². The molecule has 0 aliphatic heterocycles. The molecule has 16 heteroatoms. The number of sulfone groups is 1. The number of carbonyl (C=O) groups excluding carboxylic acids is 2. The molecule has 3 aromatic carbocycles. The third kappa shape index (κ3) is 11.6. The molecule has 0 heterocycles. The molecule has 3 saturated carbocycles. The normalized spacial score (nSPS) is 22.5. The largest absolute Gasteiger partial charge is 0.748 e. The molecule has 55 heavy (non-hydrogen) atoms. The molecule has 0 aromatic heterocycles. The fourth-order valence-corrected chi connectivity index (χ4v) is 12.8. The molecule has 0 amide bonds. The average molecular weight is 829 g/mol. The molecule has 3 aliphatic rings. The lowest BCUT2D eigenvalue weighted by atomic mass is 9.79. The van der Waals surface area contributed by atoms with Gasteiger partial charge in [-0.1, -0.05) is 55.7 Å². The van der Waals surface area contributed by atoms with Gasteiger partial charge in [0, 0.05) is 0 Å². The monoisotopic (exact) mass is 828 g/mol. The Balaban J connectivity index is 0.000000220. The highest BCUT2D eigenvalue weighted by molar-refractivity contribution is 7.97. The van der Waals surface area contributed by atoms with Crippen molar-refractivity contribution in [3.05, 3.63) is 84.9 Å². The van der Waals surface area contributed by atoms with Gasteiger partial charge < -0.3 is 19.1 Å². The van der Waals surface area contributed by atoms with E-state index in [0.717, 1.165) is 37.0 Å². The molecule has 302 valence electrons. The van der Waals surface area contributed by atoms with Crippen LogP contribution in [0.4, 0.5) is 13.2 Å². The van der Waals surface area contributed by atoms with Crippen molar-refractivity contribution in [2.75, 3.05) is 19.8 Å². The van der Waals surface area contributed by atoms with Crippen LogP contribution in [-0.2, 0) is 49.9 Å². The zero-order valence-corrected chi connectivity index (χ0v) is 33.0. The van der Waals surface area contributed by atoms with Crippen LogP contribution < -0.4 is 0 Å². The summed E-state index contributed by atoms with van der Waals surface area (Å²) in [6, 6.07) is 28.5. The quantitative estimate of drug-likeness (QED) is 0.132. The van der Waals surface area contributed by atoms with Crippen LogP contribution >= 0.6 is 0 Å². The molecule has 3 aromatic rings. The van der Waals surface area contributed by atoms with Gasteiger partial charge >= 0.3 is 18.1 Å². The molecule has 5 atom stereocenters. The van der Waals surface area contributed by atoms with Crippen LogP contribution in [0.5, 0.6) is 0 Å². The Hall–Kier alpha value is -3.44. The molecule has 3 aliphatic carbocycles. The second-order valence-corrected chi connectivity index (χ2v) is 19.3. The number of hydrogen-bond acceptors (Lipinski definition) is 10. The lowest BCUT2D eigenvalue weighted by Gasteiger charge is -2.34. The molecular formula is C39H47F3O10S3. The van der Waals surface area contributed by atoms with Gasteiger partial charge in [-0.15, -0.1) is 0 Å². The molecule has 6 rings (SSSR count). The van der Waals surface area contributed by atoms with Gasteiger partial charge in [-0.2, -0.15) is 13.2 Å². The Labute approximate surface area is 323 Å². The number of ether oxygens (including phenoxy) is 2. The van der Waals surface area contributed by atoms with Crippen LogP contribution in [-0.4, -0.2) is 74.9 Å². The van der Waals surface area contributed by atoms with Crippen LogP contribution in [0.15, 0.2) is 105 Å². The minimum absolute atomic E-state index is 0.121. The van der Waals surface area contributed by atoms with E-state index in [1.807, 2.05) is 36.4 Å². The van der Waals surface area contributed by atoms with Gasteiger partial charge in [0.05, 0.1) is 61.5 Å². The molecule has 0 radical (unpaired) electrons. The van der Waals surface area contributed by atoms with E-state index in [1.165, 1.54) is 9.79 Å². The predicted molar refractivity (Wildman–Crippen MR) is 199 cm³/mol. The fraction of sp³-hybridized carbons (Fsp3) is 0.487. The summed E-state index contributed by atoms with van der Waals surface area (Å²) in [4.78, 5) is 28.2. The number of esters is 2. The van der Waals surface area contributed by atoms with E-state index in [2.05, 4.69) is 48.5 Å². The second kappa shape index (κ2) is 19.6. The first kappa shape index (κ1) is 44.3. The Bertz CT molecular complexity index is 1860. The van der Waals surface area contributed by atoms with E-state index >= 15 is 0 Å². The Morgan fingerprint density at radius 1 is 0.745 bits per heavy atom.